The Morgan fingerprint density at radius 1 is 0.909 bits per heavy atom. The Kier molecular flexibility index (Phi) is 9.23. The lowest BCUT2D eigenvalue weighted by molar-refractivity contribution is -0.130. The zero-order valence-corrected chi connectivity index (χ0v) is 25.3. The van der Waals surface area contributed by atoms with Crippen molar-refractivity contribution in [1.29, 1.82) is 0 Å². The minimum Gasteiger partial charge on any atom is -0.349 e. The van der Waals surface area contributed by atoms with E-state index in [1.807, 2.05) is 82.7 Å². The smallest absolute Gasteiger partial charge is 0.253 e. The number of thioether (sulfide) groups is 1. The molecule has 2 aromatic heterocycles. The number of hydrogen-bond acceptors (Lipinski definition) is 7. The molecule has 0 radical (unpaired) electrons. The average molecular weight is 625 g/mol. The largest absolute Gasteiger partial charge is 0.349 e. The molecule has 6 rings (SSSR count). The number of halogens is 1. The summed E-state index contributed by atoms with van der Waals surface area (Å²) in [6.07, 6.45) is 0.808. The molecule has 0 bridgehead atoms. The standard InChI is InChI=1S/C33H29FN6O2S2/c34-26-15-13-25(14-16-26)28-19-27(29-12-7-17-43-29)38-40(28)32(42)22-44-33-37-36-30(39(33)21-24-10-5-2-6-11-24)20-35-31(41)18-23-8-3-1-4-9-23/h1-17,28H,18-22H2,(H,35,41)/t28-/m0/s1. The molecule has 222 valence electrons. The van der Waals surface area contributed by atoms with Gasteiger partial charge in [0.25, 0.3) is 5.91 Å². The fourth-order valence-electron chi connectivity index (χ4n) is 4.97. The Morgan fingerprint density at radius 3 is 2.34 bits per heavy atom. The van der Waals surface area contributed by atoms with Crippen LogP contribution in [-0.4, -0.2) is 43.1 Å². The van der Waals surface area contributed by atoms with Gasteiger partial charge < -0.3 is 9.88 Å². The quantitative estimate of drug-likeness (QED) is 0.186. The van der Waals surface area contributed by atoms with Gasteiger partial charge in [-0.1, -0.05) is 90.6 Å². The van der Waals surface area contributed by atoms with Gasteiger partial charge in [-0.3, -0.25) is 9.59 Å². The van der Waals surface area contributed by atoms with Crippen LogP contribution in [0.15, 0.2) is 113 Å². The van der Waals surface area contributed by atoms with Gasteiger partial charge in [0.15, 0.2) is 11.0 Å². The summed E-state index contributed by atoms with van der Waals surface area (Å²) in [5.41, 5.74) is 3.61. The van der Waals surface area contributed by atoms with Crippen molar-refractivity contribution >= 4 is 40.6 Å². The van der Waals surface area contributed by atoms with Crippen molar-refractivity contribution in [3.05, 3.63) is 136 Å². The van der Waals surface area contributed by atoms with Crippen LogP contribution in [0.25, 0.3) is 0 Å². The molecule has 0 unspecified atom stereocenters. The van der Waals surface area contributed by atoms with Crippen molar-refractivity contribution in [2.45, 2.75) is 37.1 Å². The summed E-state index contributed by atoms with van der Waals surface area (Å²) in [4.78, 5) is 27.3. The molecule has 1 N–H and O–H groups in total. The number of aromatic nitrogens is 3. The van der Waals surface area contributed by atoms with Gasteiger partial charge >= 0.3 is 0 Å². The average Bonchev–Trinajstić information content (AvgIpc) is 3.81. The molecule has 0 saturated heterocycles. The Labute approximate surface area is 262 Å². The molecule has 0 fully saturated rings. The summed E-state index contributed by atoms with van der Waals surface area (Å²) in [5.74, 6) is 0.0302. The third-order valence-electron chi connectivity index (χ3n) is 7.18. The summed E-state index contributed by atoms with van der Waals surface area (Å²) in [7, 11) is 0. The molecule has 44 heavy (non-hydrogen) atoms. The molecule has 1 aliphatic heterocycles. The van der Waals surface area contributed by atoms with Gasteiger partial charge in [0, 0.05) is 6.42 Å². The first kappa shape index (κ1) is 29.5. The number of hydrogen-bond donors (Lipinski definition) is 1. The van der Waals surface area contributed by atoms with Gasteiger partial charge in [-0.25, -0.2) is 9.40 Å². The molecule has 0 spiro atoms. The number of rotatable bonds is 11. The number of nitrogens with zero attached hydrogens (tertiary/aromatic N) is 5. The number of carbonyl (C=O) groups is 2. The van der Waals surface area contributed by atoms with Crippen LogP contribution in [0.5, 0.6) is 0 Å². The Balaban J connectivity index is 1.19. The van der Waals surface area contributed by atoms with Crippen molar-refractivity contribution in [3.63, 3.8) is 0 Å². The molecule has 11 heteroatoms. The van der Waals surface area contributed by atoms with Crippen LogP contribution in [0, 0.1) is 5.82 Å². The summed E-state index contributed by atoms with van der Waals surface area (Å²) in [5, 5.41) is 20.5. The van der Waals surface area contributed by atoms with Crippen LogP contribution < -0.4 is 5.32 Å². The monoisotopic (exact) mass is 624 g/mol. The van der Waals surface area contributed by atoms with E-state index in [2.05, 4.69) is 15.5 Å². The molecule has 8 nitrogen and oxygen atoms in total. The molecule has 5 aromatic rings. The summed E-state index contributed by atoms with van der Waals surface area (Å²) in [6, 6.07) is 29.3. The SMILES string of the molecule is O=C(Cc1ccccc1)NCc1nnc(SCC(=O)N2N=C(c3cccs3)C[C@H]2c2ccc(F)cc2)n1Cc1ccccc1. The molecule has 1 aliphatic rings. The van der Waals surface area contributed by atoms with Crippen molar-refractivity contribution in [3.8, 4) is 0 Å². The zero-order valence-electron chi connectivity index (χ0n) is 23.7. The number of nitrogens with one attached hydrogen (secondary N) is 1. The lowest BCUT2D eigenvalue weighted by Crippen LogP contribution is -2.29. The highest BCUT2D eigenvalue weighted by atomic mass is 32.2. The highest BCUT2D eigenvalue weighted by molar-refractivity contribution is 7.99. The molecular weight excluding hydrogens is 596 g/mol. The van der Waals surface area contributed by atoms with E-state index in [4.69, 9.17) is 5.10 Å². The second kappa shape index (κ2) is 13.8. The molecule has 2 amide bonds. The van der Waals surface area contributed by atoms with Gasteiger partial charge in [-0.2, -0.15) is 5.10 Å². The van der Waals surface area contributed by atoms with Gasteiger partial charge in [0.2, 0.25) is 5.91 Å². The first-order valence-corrected chi connectivity index (χ1v) is 16.0. The van der Waals surface area contributed by atoms with Crippen LogP contribution in [0.1, 0.15) is 39.9 Å². The fourth-order valence-corrected chi connectivity index (χ4v) is 6.50. The third-order valence-corrected chi connectivity index (χ3v) is 9.05. The number of amides is 2. The van der Waals surface area contributed by atoms with Crippen LogP contribution in [0.2, 0.25) is 0 Å². The highest BCUT2D eigenvalue weighted by Gasteiger charge is 2.33. The van der Waals surface area contributed by atoms with E-state index in [1.54, 1.807) is 23.5 Å². The number of carbonyl (C=O) groups excluding carboxylic acids is 2. The normalized spacial score (nSPS) is 14.4. The molecule has 3 heterocycles. The highest BCUT2D eigenvalue weighted by Crippen LogP contribution is 2.34. The Morgan fingerprint density at radius 2 is 1.64 bits per heavy atom. The number of benzene rings is 3. The molecule has 1 atom stereocenters. The maximum atomic E-state index is 13.7. The summed E-state index contributed by atoms with van der Waals surface area (Å²) < 4.78 is 15.6. The van der Waals surface area contributed by atoms with E-state index >= 15 is 0 Å². The zero-order chi connectivity index (χ0) is 30.3. The lowest BCUT2D eigenvalue weighted by atomic mass is 10.0. The van der Waals surface area contributed by atoms with E-state index < -0.39 is 0 Å². The predicted octanol–water partition coefficient (Wildman–Crippen LogP) is 5.86. The van der Waals surface area contributed by atoms with Crippen LogP contribution >= 0.6 is 23.1 Å². The third kappa shape index (κ3) is 7.12. The van der Waals surface area contributed by atoms with Gasteiger partial charge in [-0.15, -0.1) is 21.5 Å². The summed E-state index contributed by atoms with van der Waals surface area (Å²) >= 11 is 2.85. The predicted molar refractivity (Wildman–Crippen MR) is 170 cm³/mol. The fraction of sp³-hybridized carbons (Fsp3) is 0.182. The van der Waals surface area contributed by atoms with E-state index in [0.717, 1.165) is 27.3 Å². The minimum absolute atomic E-state index is 0.0756. The number of hydrazone groups is 1. The van der Waals surface area contributed by atoms with Crippen molar-refractivity contribution in [1.82, 2.24) is 25.1 Å². The van der Waals surface area contributed by atoms with Gasteiger partial charge in [0.1, 0.15) is 5.82 Å². The molecule has 0 saturated carbocycles. The first-order valence-electron chi connectivity index (χ1n) is 14.1. The minimum atomic E-state index is -0.335. The van der Waals surface area contributed by atoms with E-state index in [0.29, 0.717) is 23.9 Å². The van der Waals surface area contributed by atoms with Crippen LogP contribution in [-0.2, 0) is 29.1 Å². The van der Waals surface area contributed by atoms with Crippen molar-refractivity contribution < 1.29 is 14.0 Å². The van der Waals surface area contributed by atoms with E-state index in [9.17, 15) is 14.0 Å². The molecule has 3 aromatic carbocycles. The molecular formula is C33H29FN6O2S2. The van der Waals surface area contributed by atoms with Crippen LogP contribution in [0.3, 0.4) is 0 Å². The Hall–Kier alpha value is -4.61. The van der Waals surface area contributed by atoms with E-state index in [-0.39, 0.29) is 42.4 Å². The Bertz CT molecular complexity index is 1740. The molecule has 0 aliphatic carbocycles. The van der Waals surface area contributed by atoms with E-state index in [1.165, 1.54) is 28.9 Å². The summed E-state index contributed by atoms with van der Waals surface area (Å²) in [6.45, 7) is 0.685. The van der Waals surface area contributed by atoms with Crippen molar-refractivity contribution in [2.75, 3.05) is 5.75 Å². The van der Waals surface area contributed by atoms with Gasteiger partial charge in [0.05, 0.1) is 41.9 Å². The number of thiophene rings is 1. The maximum absolute atomic E-state index is 13.7. The second-order valence-corrected chi connectivity index (χ2v) is 12.1. The second-order valence-electron chi connectivity index (χ2n) is 10.2. The van der Waals surface area contributed by atoms with Crippen LogP contribution in [0.4, 0.5) is 4.39 Å². The van der Waals surface area contributed by atoms with Gasteiger partial charge in [-0.05, 0) is 40.3 Å². The van der Waals surface area contributed by atoms with Crippen molar-refractivity contribution in [2.24, 2.45) is 5.10 Å². The first-order chi connectivity index (χ1) is 21.5. The topological polar surface area (TPSA) is 92.5 Å². The lowest BCUT2D eigenvalue weighted by Gasteiger charge is -2.22. The maximum Gasteiger partial charge on any atom is 0.253 e.